The van der Waals surface area contributed by atoms with E-state index in [1.54, 1.807) is 0 Å². The summed E-state index contributed by atoms with van der Waals surface area (Å²) in [6.45, 7) is 0. The average molecular weight is 614 g/mol. The lowest BCUT2D eigenvalue weighted by molar-refractivity contribution is 0.670. The van der Waals surface area contributed by atoms with Crippen LogP contribution in [0.15, 0.2) is 192 Å². The maximum absolute atomic E-state index is 6.69. The third-order valence-corrected chi connectivity index (χ3v) is 9.26. The largest absolute Gasteiger partial charge is 0.455 e. The van der Waals surface area contributed by atoms with E-state index >= 15 is 0 Å². The molecule has 1 heterocycles. The monoisotopic (exact) mass is 613 g/mol. The molecule has 0 saturated carbocycles. The number of benzene rings is 8. The first kappa shape index (κ1) is 27.9. The summed E-state index contributed by atoms with van der Waals surface area (Å²) in [5.41, 5.74) is 12.2. The van der Waals surface area contributed by atoms with Gasteiger partial charge in [-0.3, -0.25) is 0 Å². The lowest BCUT2D eigenvalue weighted by Crippen LogP contribution is -2.09. The van der Waals surface area contributed by atoms with E-state index in [4.69, 9.17) is 4.42 Å². The van der Waals surface area contributed by atoms with E-state index in [1.165, 1.54) is 27.5 Å². The standard InChI is InChI=1S/C46H31NO/c1-4-13-35(14-5-1)44-41-20-11-10-15-36(41)31-42-45-40(21-12-22-43(45)48-46(42)44)34-25-23-32(24-26-34)33-27-29-39(30-28-33)47(37-16-6-2-7-17-37)38-18-8-3-9-19-38/h1-31H. The molecule has 2 heteroatoms. The van der Waals surface area contributed by atoms with Crippen LogP contribution >= 0.6 is 0 Å². The first-order valence-corrected chi connectivity index (χ1v) is 16.4. The molecule has 9 aromatic rings. The molecule has 0 spiro atoms. The van der Waals surface area contributed by atoms with Gasteiger partial charge >= 0.3 is 0 Å². The zero-order valence-electron chi connectivity index (χ0n) is 26.3. The minimum atomic E-state index is 0.899. The van der Waals surface area contributed by atoms with Crippen LogP contribution in [0.3, 0.4) is 0 Å². The Morgan fingerprint density at radius 1 is 0.375 bits per heavy atom. The summed E-state index contributed by atoms with van der Waals surface area (Å²) >= 11 is 0. The van der Waals surface area contributed by atoms with E-state index in [0.717, 1.165) is 55.7 Å². The maximum Gasteiger partial charge on any atom is 0.143 e. The summed E-state index contributed by atoms with van der Waals surface area (Å²) in [6.07, 6.45) is 0. The van der Waals surface area contributed by atoms with E-state index in [2.05, 4.69) is 193 Å². The molecule has 48 heavy (non-hydrogen) atoms. The van der Waals surface area contributed by atoms with Gasteiger partial charge in [0.25, 0.3) is 0 Å². The van der Waals surface area contributed by atoms with Crippen LogP contribution in [-0.4, -0.2) is 0 Å². The van der Waals surface area contributed by atoms with Crippen molar-refractivity contribution in [1.82, 2.24) is 0 Å². The maximum atomic E-state index is 6.69. The number of fused-ring (bicyclic) bond motifs is 4. The van der Waals surface area contributed by atoms with Gasteiger partial charge < -0.3 is 9.32 Å². The molecule has 226 valence electrons. The van der Waals surface area contributed by atoms with Gasteiger partial charge in [-0.05, 0) is 87.1 Å². The van der Waals surface area contributed by atoms with E-state index in [0.29, 0.717) is 0 Å². The molecule has 0 fully saturated rings. The van der Waals surface area contributed by atoms with Crippen molar-refractivity contribution in [2.75, 3.05) is 4.90 Å². The summed E-state index contributed by atoms with van der Waals surface area (Å²) in [6, 6.07) is 66.6. The van der Waals surface area contributed by atoms with E-state index in [9.17, 15) is 0 Å². The fourth-order valence-corrected chi connectivity index (χ4v) is 7.00. The molecule has 0 unspecified atom stereocenters. The van der Waals surface area contributed by atoms with Crippen molar-refractivity contribution in [3.63, 3.8) is 0 Å². The Bertz CT molecular complexity index is 2480. The first-order valence-electron chi connectivity index (χ1n) is 16.4. The van der Waals surface area contributed by atoms with Crippen LogP contribution in [-0.2, 0) is 0 Å². The summed E-state index contributed by atoms with van der Waals surface area (Å²) in [4.78, 5) is 2.29. The third kappa shape index (κ3) is 4.83. The second kappa shape index (κ2) is 11.8. The molecule has 0 radical (unpaired) electrons. The van der Waals surface area contributed by atoms with E-state index in [-0.39, 0.29) is 0 Å². The molecule has 0 bridgehead atoms. The number of para-hydroxylation sites is 2. The van der Waals surface area contributed by atoms with Crippen LogP contribution in [0.4, 0.5) is 17.1 Å². The molecule has 9 rings (SSSR count). The zero-order chi connectivity index (χ0) is 31.9. The zero-order valence-corrected chi connectivity index (χ0v) is 26.3. The van der Waals surface area contributed by atoms with Gasteiger partial charge in [0.15, 0.2) is 0 Å². The summed E-state index contributed by atoms with van der Waals surface area (Å²) in [7, 11) is 0. The molecule has 0 N–H and O–H groups in total. The van der Waals surface area contributed by atoms with Gasteiger partial charge in [0.05, 0.1) is 0 Å². The van der Waals surface area contributed by atoms with Crippen molar-refractivity contribution in [2.24, 2.45) is 0 Å². The highest BCUT2D eigenvalue weighted by molar-refractivity contribution is 6.21. The molecule has 1 aromatic heterocycles. The van der Waals surface area contributed by atoms with Gasteiger partial charge in [-0.25, -0.2) is 0 Å². The lowest BCUT2D eigenvalue weighted by atomic mass is 9.93. The Labute approximate surface area is 279 Å². The topological polar surface area (TPSA) is 16.4 Å². The quantitative estimate of drug-likeness (QED) is 0.185. The number of hydrogen-bond acceptors (Lipinski definition) is 2. The Morgan fingerprint density at radius 2 is 0.917 bits per heavy atom. The van der Waals surface area contributed by atoms with Crippen molar-refractivity contribution < 1.29 is 4.42 Å². The average Bonchev–Trinajstić information content (AvgIpc) is 3.54. The molecule has 0 atom stereocenters. The van der Waals surface area contributed by atoms with Crippen molar-refractivity contribution >= 4 is 49.8 Å². The van der Waals surface area contributed by atoms with Crippen molar-refractivity contribution in [2.45, 2.75) is 0 Å². The molecular weight excluding hydrogens is 583 g/mol. The molecule has 2 nitrogen and oxygen atoms in total. The minimum absolute atomic E-state index is 0.899. The highest BCUT2D eigenvalue weighted by Crippen LogP contribution is 2.44. The van der Waals surface area contributed by atoms with Gasteiger partial charge in [-0.1, -0.05) is 140 Å². The number of furan rings is 1. The molecule has 0 saturated heterocycles. The summed E-state index contributed by atoms with van der Waals surface area (Å²) in [5.74, 6) is 0. The smallest absolute Gasteiger partial charge is 0.143 e. The normalized spacial score (nSPS) is 11.3. The molecule has 0 aliphatic carbocycles. The number of nitrogens with zero attached hydrogens (tertiary/aromatic N) is 1. The van der Waals surface area contributed by atoms with Crippen molar-refractivity contribution in [1.29, 1.82) is 0 Å². The molecular formula is C46H31NO. The Balaban J connectivity index is 1.11. The van der Waals surface area contributed by atoms with Crippen LogP contribution in [0.5, 0.6) is 0 Å². The lowest BCUT2D eigenvalue weighted by Gasteiger charge is -2.25. The predicted molar refractivity (Wildman–Crippen MR) is 202 cm³/mol. The first-order chi connectivity index (χ1) is 23.8. The number of rotatable bonds is 6. The van der Waals surface area contributed by atoms with E-state index < -0.39 is 0 Å². The molecule has 0 aliphatic heterocycles. The fourth-order valence-electron chi connectivity index (χ4n) is 7.00. The third-order valence-electron chi connectivity index (χ3n) is 9.26. The Hall–Kier alpha value is -6.38. The molecule has 8 aromatic carbocycles. The highest BCUT2D eigenvalue weighted by atomic mass is 16.3. The van der Waals surface area contributed by atoms with Crippen LogP contribution in [0.2, 0.25) is 0 Å². The van der Waals surface area contributed by atoms with Crippen LogP contribution in [0.1, 0.15) is 0 Å². The summed E-state index contributed by atoms with van der Waals surface area (Å²) in [5, 5.41) is 4.69. The van der Waals surface area contributed by atoms with Crippen LogP contribution in [0.25, 0.3) is 66.1 Å². The number of hydrogen-bond donors (Lipinski definition) is 0. The van der Waals surface area contributed by atoms with Gasteiger partial charge in [0.2, 0.25) is 0 Å². The van der Waals surface area contributed by atoms with Crippen molar-refractivity contribution in [3.8, 4) is 33.4 Å². The second-order valence-corrected chi connectivity index (χ2v) is 12.1. The molecule has 0 aliphatic rings. The minimum Gasteiger partial charge on any atom is -0.455 e. The second-order valence-electron chi connectivity index (χ2n) is 12.1. The van der Waals surface area contributed by atoms with Gasteiger partial charge in [-0.2, -0.15) is 0 Å². The Kier molecular flexibility index (Phi) is 6.84. The van der Waals surface area contributed by atoms with Crippen LogP contribution < -0.4 is 4.90 Å². The highest BCUT2D eigenvalue weighted by Gasteiger charge is 2.19. The van der Waals surface area contributed by atoms with Gasteiger partial charge in [0, 0.05) is 33.4 Å². The van der Waals surface area contributed by atoms with Crippen molar-refractivity contribution in [3.05, 3.63) is 188 Å². The van der Waals surface area contributed by atoms with Gasteiger partial charge in [-0.15, -0.1) is 0 Å². The SMILES string of the molecule is c1ccc(-c2c3ccccc3cc3c2oc2cccc(-c4ccc(-c5ccc(N(c6ccccc6)c6ccccc6)cc5)cc4)c23)cc1. The van der Waals surface area contributed by atoms with Crippen LogP contribution in [0, 0.1) is 0 Å². The number of anilines is 3. The predicted octanol–water partition coefficient (Wildman–Crippen LogP) is 13.2. The fraction of sp³-hybridized carbons (Fsp3) is 0. The van der Waals surface area contributed by atoms with E-state index in [1.807, 2.05) is 0 Å². The van der Waals surface area contributed by atoms with Gasteiger partial charge in [0.1, 0.15) is 11.2 Å². The Morgan fingerprint density at radius 3 is 1.58 bits per heavy atom. The molecule has 0 amide bonds. The summed E-state index contributed by atoms with van der Waals surface area (Å²) < 4.78 is 6.69.